The third-order valence-corrected chi connectivity index (χ3v) is 1.86. The van der Waals surface area contributed by atoms with Crippen LogP contribution in [0.4, 0.5) is 0 Å². The summed E-state index contributed by atoms with van der Waals surface area (Å²) in [5.74, 6) is 8.98. The van der Waals surface area contributed by atoms with Gasteiger partial charge in [0.2, 0.25) is 0 Å². The fraction of sp³-hybridized carbons (Fsp3) is 0.167. The third kappa shape index (κ3) is 3.97. The molecule has 0 unspecified atom stereocenters. The summed E-state index contributed by atoms with van der Waals surface area (Å²) in [4.78, 5) is 22.1. The lowest BCUT2D eigenvalue weighted by atomic mass is 10.1. The van der Waals surface area contributed by atoms with Gasteiger partial charge in [0.15, 0.2) is 0 Å². The normalized spacial score (nSPS) is 8.82. The molecule has 0 fully saturated rings. The maximum atomic E-state index is 11.1. The van der Waals surface area contributed by atoms with Gasteiger partial charge >= 0.3 is 5.97 Å². The van der Waals surface area contributed by atoms with E-state index in [1.807, 2.05) is 5.43 Å². The number of carbonyl (C=O) groups is 2. The van der Waals surface area contributed by atoms with Crippen molar-refractivity contribution >= 4 is 11.9 Å². The van der Waals surface area contributed by atoms with Gasteiger partial charge in [0.05, 0.1) is 6.61 Å². The molecule has 5 nitrogen and oxygen atoms in total. The molecule has 1 aromatic rings. The number of ether oxygens (including phenoxy) is 1. The molecule has 0 saturated heterocycles. The number of nitrogen functional groups attached to an aromatic ring is 1. The van der Waals surface area contributed by atoms with Gasteiger partial charge in [0, 0.05) is 17.0 Å². The molecular weight excluding hydrogens is 220 g/mol. The second-order valence-electron chi connectivity index (χ2n) is 3.02. The van der Waals surface area contributed by atoms with E-state index < -0.39 is 5.97 Å². The number of esters is 1. The summed E-state index contributed by atoms with van der Waals surface area (Å²) in [5.41, 5.74) is 3.06. The molecule has 0 radical (unpaired) electrons. The van der Waals surface area contributed by atoms with E-state index in [1.165, 1.54) is 0 Å². The minimum absolute atomic E-state index is 0.295. The number of carbonyl (C=O) groups excluding carboxylic acids is 2. The van der Waals surface area contributed by atoms with Crippen molar-refractivity contribution in [1.82, 2.24) is 5.43 Å². The lowest BCUT2D eigenvalue weighted by Gasteiger charge is -1.98. The Bertz CT molecular complexity index is 469. The zero-order valence-corrected chi connectivity index (χ0v) is 9.32. The van der Waals surface area contributed by atoms with Crippen molar-refractivity contribution in [3.8, 4) is 11.8 Å². The summed E-state index contributed by atoms with van der Waals surface area (Å²) in [7, 11) is 0. The first-order chi connectivity index (χ1) is 8.17. The first-order valence-electron chi connectivity index (χ1n) is 4.97. The van der Waals surface area contributed by atoms with Crippen LogP contribution in [0.3, 0.4) is 0 Å². The predicted molar refractivity (Wildman–Crippen MR) is 61.6 cm³/mol. The fourth-order valence-corrected chi connectivity index (χ4v) is 1.08. The van der Waals surface area contributed by atoms with Crippen LogP contribution in [0.1, 0.15) is 22.8 Å². The lowest BCUT2D eigenvalue weighted by Crippen LogP contribution is -2.29. The first kappa shape index (κ1) is 12.7. The molecule has 5 heteroatoms. The van der Waals surface area contributed by atoms with Crippen LogP contribution in [0.15, 0.2) is 24.3 Å². The van der Waals surface area contributed by atoms with Crippen LogP contribution in [0, 0.1) is 11.8 Å². The minimum Gasteiger partial charge on any atom is -0.456 e. The smallest absolute Gasteiger partial charge is 0.384 e. The van der Waals surface area contributed by atoms with E-state index in [4.69, 9.17) is 5.84 Å². The Kier molecular flexibility index (Phi) is 4.73. The van der Waals surface area contributed by atoms with Gasteiger partial charge < -0.3 is 4.74 Å². The van der Waals surface area contributed by atoms with Gasteiger partial charge in [-0.05, 0) is 31.2 Å². The molecule has 0 bridgehead atoms. The van der Waals surface area contributed by atoms with Gasteiger partial charge in [0.1, 0.15) is 0 Å². The Labute approximate surface area is 98.9 Å². The number of hydrogen-bond donors (Lipinski definition) is 2. The van der Waals surface area contributed by atoms with Gasteiger partial charge in [-0.25, -0.2) is 10.6 Å². The van der Waals surface area contributed by atoms with Crippen molar-refractivity contribution in [2.75, 3.05) is 6.61 Å². The highest BCUT2D eigenvalue weighted by Gasteiger charge is 2.01. The van der Waals surface area contributed by atoms with Crippen molar-refractivity contribution in [1.29, 1.82) is 0 Å². The molecule has 17 heavy (non-hydrogen) atoms. The van der Waals surface area contributed by atoms with E-state index in [1.54, 1.807) is 31.2 Å². The first-order valence-corrected chi connectivity index (χ1v) is 4.97. The molecule has 88 valence electrons. The van der Waals surface area contributed by atoms with Crippen LogP contribution in [0.25, 0.3) is 0 Å². The van der Waals surface area contributed by atoms with E-state index >= 15 is 0 Å². The summed E-state index contributed by atoms with van der Waals surface area (Å²) in [5, 5.41) is 0. The molecule has 3 N–H and O–H groups in total. The van der Waals surface area contributed by atoms with E-state index in [2.05, 4.69) is 16.6 Å². The molecule has 0 aromatic heterocycles. The van der Waals surface area contributed by atoms with Gasteiger partial charge in [-0.1, -0.05) is 5.92 Å². The third-order valence-electron chi connectivity index (χ3n) is 1.86. The summed E-state index contributed by atoms with van der Waals surface area (Å²) < 4.78 is 4.65. The van der Waals surface area contributed by atoms with E-state index in [0.29, 0.717) is 17.7 Å². The van der Waals surface area contributed by atoms with E-state index in [-0.39, 0.29) is 5.91 Å². The SMILES string of the molecule is CCOC(=O)C#Cc1ccc(C(=O)NN)cc1. The molecule has 0 saturated carbocycles. The molecule has 0 heterocycles. The molecule has 1 aromatic carbocycles. The number of nitrogens with two attached hydrogens (primary N) is 1. The molecule has 0 aliphatic rings. The number of benzene rings is 1. The van der Waals surface area contributed by atoms with Crippen LogP contribution in [0.5, 0.6) is 0 Å². The summed E-state index contributed by atoms with van der Waals surface area (Å²) in [6.07, 6.45) is 0. The molecule has 0 atom stereocenters. The number of nitrogens with one attached hydrogen (secondary N) is 1. The number of rotatable bonds is 2. The highest BCUT2D eigenvalue weighted by atomic mass is 16.5. The van der Waals surface area contributed by atoms with Crippen LogP contribution < -0.4 is 11.3 Å². The average molecular weight is 232 g/mol. The molecule has 0 aliphatic carbocycles. The highest BCUT2D eigenvalue weighted by molar-refractivity contribution is 5.94. The quantitative estimate of drug-likeness (QED) is 0.251. The minimum atomic E-state index is -0.573. The molecule has 1 rings (SSSR count). The van der Waals surface area contributed by atoms with Crippen molar-refractivity contribution in [3.63, 3.8) is 0 Å². The van der Waals surface area contributed by atoms with Gasteiger partial charge in [0.25, 0.3) is 5.91 Å². The summed E-state index contributed by atoms with van der Waals surface area (Å²) >= 11 is 0. The molecule has 0 spiro atoms. The largest absolute Gasteiger partial charge is 0.456 e. The second kappa shape index (κ2) is 6.30. The predicted octanol–water partition coefficient (Wildman–Crippen LogP) is 0.205. The monoisotopic (exact) mass is 232 g/mol. The molecule has 0 aliphatic heterocycles. The summed E-state index contributed by atoms with van der Waals surface area (Å²) in [6, 6.07) is 6.38. The fourth-order valence-electron chi connectivity index (χ4n) is 1.08. The standard InChI is InChI=1S/C12H12N2O3/c1-2-17-11(15)8-5-9-3-6-10(7-4-9)12(16)14-13/h3-4,6-7H,2,13H2,1H3,(H,14,16). The Morgan fingerprint density at radius 1 is 1.35 bits per heavy atom. The van der Waals surface area contributed by atoms with Gasteiger partial charge in [-0.3, -0.25) is 10.2 Å². The van der Waals surface area contributed by atoms with Crippen molar-refractivity contribution in [3.05, 3.63) is 35.4 Å². The van der Waals surface area contributed by atoms with Crippen LogP contribution >= 0.6 is 0 Å². The average Bonchev–Trinajstić information content (AvgIpc) is 2.36. The van der Waals surface area contributed by atoms with Crippen LogP contribution in [-0.4, -0.2) is 18.5 Å². The number of amides is 1. The zero-order valence-electron chi connectivity index (χ0n) is 9.32. The maximum absolute atomic E-state index is 11.1. The molecular formula is C12H12N2O3. The Morgan fingerprint density at radius 3 is 2.53 bits per heavy atom. The van der Waals surface area contributed by atoms with E-state index in [9.17, 15) is 9.59 Å². The van der Waals surface area contributed by atoms with Crippen LogP contribution in [-0.2, 0) is 9.53 Å². The Morgan fingerprint density at radius 2 is 2.00 bits per heavy atom. The van der Waals surface area contributed by atoms with Crippen molar-refractivity contribution in [2.45, 2.75) is 6.92 Å². The zero-order chi connectivity index (χ0) is 12.7. The maximum Gasteiger partial charge on any atom is 0.384 e. The lowest BCUT2D eigenvalue weighted by molar-refractivity contribution is -0.136. The highest BCUT2D eigenvalue weighted by Crippen LogP contribution is 2.02. The Hall–Kier alpha value is -2.32. The number of hydrogen-bond acceptors (Lipinski definition) is 4. The van der Waals surface area contributed by atoms with Crippen molar-refractivity contribution < 1.29 is 14.3 Å². The van der Waals surface area contributed by atoms with E-state index in [0.717, 1.165) is 0 Å². The number of hydrazine groups is 1. The second-order valence-corrected chi connectivity index (χ2v) is 3.02. The van der Waals surface area contributed by atoms with Gasteiger partial charge in [-0.2, -0.15) is 0 Å². The molecule has 1 amide bonds. The van der Waals surface area contributed by atoms with Gasteiger partial charge in [-0.15, -0.1) is 0 Å². The topological polar surface area (TPSA) is 81.4 Å². The van der Waals surface area contributed by atoms with Crippen LogP contribution in [0.2, 0.25) is 0 Å². The summed E-state index contributed by atoms with van der Waals surface area (Å²) in [6.45, 7) is 2.00. The Balaban J connectivity index is 2.75. The van der Waals surface area contributed by atoms with Crippen molar-refractivity contribution in [2.24, 2.45) is 5.84 Å².